The molecule has 1 heterocycles. The molecule has 1 aromatic carbocycles. The van der Waals surface area contributed by atoms with Gasteiger partial charge in [0.2, 0.25) is 0 Å². The van der Waals surface area contributed by atoms with Crippen molar-refractivity contribution in [1.82, 2.24) is 9.78 Å². The fourth-order valence-electron chi connectivity index (χ4n) is 1.61. The van der Waals surface area contributed by atoms with Crippen molar-refractivity contribution in [3.63, 3.8) is 0 Å². The van der Waals surface area contributed by atoms with Crippen LogP contribution < -0.4 is 0 Å². The number of halogens is 1. The fourth-order valence-corrected chi connectivity index (χ4v) is 1.79. The Morgan fingerprint density at radius 1 is 1.41 bits per heavy atom. The lowest BCUT2D eigenvalue weighted by Gasteiger charge is -2.03. The van der Waals surface area contributed by atoms with Gasteiger partial charge >= 0.3 is 0 Å². The van der Waals surface area contributed by atoms with E-state index in [9.17, 15) is 0 Å². The Kier molecular flexibility index (Phi) is 3.16. The molecule has 0 N–H and O–H groups in total. The number of aromatic nitrogens is 2. The van der Waals surface area contributed by atoms with Crippen molar-refractivity contribution in [3.8, 4) is 11.8 Å². The first kappa shape index (κ1) is 11.7. The van der Waals surface area contributed by atoms with Gasteiger partial charge in [0.05, 0.1) is 23.9 Å². The van der Waals surface area contributed by atoms with E-state index in [-0.39, 0.29) is 0 Å². The van der Waals surface area contributed by atoms with Crippen LogP contribution in [0.25, 0.3) is 5.69 Å². The first-order valence-corrected chi connectivity index (χ1v) is 5.68. The molecule has 0 bridgehead atoms. The van der Waals surface area contributed by atoms with E-state index in [2.05, 4.69) is 11.2 Å². The predicted molar refractivity (Wildman–Crippen MR) is 67.4 cm³/mol. The second kappa shape index (κ2) is 4.60. The first-order valence-electron chi connectivity index (χ1n) is 5.30. The average Bonchev–Trinajstić information content (AvgIpc) is 2.65. The monoisotopic (exact) mass is 245 g/mol. The third-order valence-electron chi connectivity index (χ3n) is 2.69. The molecule has 0 aliphatic heterocycles. The van der Waals surface area contributed by atoms with E-state index < -0.39 is 0 Å². The molecule has 4 heteroatoms. The van der Waals surface area contributed by atoms with Crippen LogP contribution in [0.2, 0.25) is 5.02 Å². The Hall–Kier alpha value is -1.79. The lowest BCUT2D eigenvalue weighted by Crippen LogP contribution is -1.95. The minimum atomic E-state index is 0.380. The minimum Gasteiger partial charge on any atom is -0.240 e. The van der Waals surface area contributed by atoms with Crippen LogP contribution in [-0.2, 0) is 6.42 Å². The highest BCUT2D eigenvalue weighted by Crippen LogP contribution is 2.20. The molecule has 0 amide bonds. The highest BCUT2D eigenvalue weighted by atomic mass is 35.5. The van der Waals surface area contributed by atoms with Crippen LogP contribution in [-0.4, -0.2) is 9.78 Å². The summed E-state index contributed by atoms with van der Waals surface area (Å²) in [5.41, 5.74) is 3.77. The van der Waals surface area contributed by atoms with E-state index in [1.165, 1.54) is 0 Å². The molecule has 0 saturated carbocycles. The van der Waals surface area contributed by atoms with Crippen LogP contribution >= 0.6 is 11.6 Å². The van der Waals surface area contributed by atoms with Crippen LogP contribution in [0.4, 0.5) is 0 Å². The molecule has 0 aliphatic rings. The third kappa shape index (κ3) is 2.32. The summed E-state index contributed by atoms with van der Waals surface area (Å²) in [5, 5.41) is 13.8. The highest BCUT2D eigenvalue weighted by Gasteiger charge is 2.06. The Balaban J connectivity index is 2.43. The molecule has 2 aromatic rings. The molecule has 0 unspecified atom stereocenters. The van der Waals surface area contributed by atoms with Crippen LogP contribution in [0.3, 0.4) is 0 Å². The number of aryl methyl sites for hydroxylation is 2. The number of rotatable bonds is 2. The van der Waals surface area contributed by atoms with Gasteiger partial charge in [-0.25, -0.2) is 4.68 Å². The van der Waals surface area contributed by atoms with Gasteiger partial charge in [0.25, 0.3) is 0 Å². The Morgan fingerprint density at radius 3 is 2.82 bits per heavy atom. The third-order valence-corrected chi connectivity index (χ3v) is 3.10. The summed E-state index contributed by atoms with van der Waals surface area (Å²) < 4.78 is 1.76. The zero-order valence-corrected chi connectivity index (χ0v) is 10.5. The van der Waals surface area contributed by atoms with Gasteiger partial charge in [-0.1, -0.05) is 17.7 Å². The van der Waals surface area contributed by atoms with Crippen LogP contribution in [0.15, 0.2) is 24.4 Å². The topological polar surface area (TPSA) is 41.6 Å². The lowest BCUT2D eigenvalue weighted by atomic mass is 10.2. The lowest BCUT2D eigenvalue weighted by molar-refractivity contribution is 0.862. The summed E-state index contributed by atoms with van der Waals surface area (Å²) in [6.07, 6.45) is 2.25. The quantitative estimate of drug-likeness (QED) is 0.815. The SMILES string of the molecule is Cc1ccc(-n2cc(CC#N)c(C)n2)cc1Cl. The number of benzene rings is 1. The first-order chi connectivity index (χ1) is 8.11. The maximum Gasteiger partial charge on any atom is 0.0671 e. The maximum absolute atomic E-state index is 8.70. The summed E-state index contributed by atoms with van der Waals surface area (Å²) in [5.74, 6) is 0. The van der Waals surface area contributed by atoms with Crippen LogP contribution in [0.5, 0.6) is 0 Å². The molecule has 86 valence electrons. The molecule has 0 atom stereocenters. The van der Waals surface area contributed by atoms with Gasteiger partial charge < -0.3 is 0 Å². The fraction of sp³-hybridized carbons (Fsp3) is 0.231. The van der Waals surface area contributed by atoms with Crippen molar-refractivity contribution >= 4 is 11.6 Å². The number of nitriles is 1. The molecule has 0 radical (unpaired) electrons. The minimum absolute atomic E-state index is 0.380. The number of hydrogen-bond acceptors (Lipinski definition) is 2. The van der Waals surface area contributed by atoms with Gasteiger partial charge in [-0.15, -0.1) is 0 Å². The van der Waals surface area contributed by atoms with Gasteiger partial charge in [0.15, 0.2) is 0 Å². The summed E-state index contributed by atoms with van der Waals surface area (Å²) in [6.45, 7) is 3.86. The molecule has 3 nitrogen and oxygen atoms in total. The molecular weight excluding hydrogens is 234 g/mol. The molecule has 0 spiro atoms. The van der Waals surface area contributed by atoms with Crippen molar-refractivity contribution in [2.75, 3.05) is 0 Å². The van der Waals surface area contributed by atoms with Crippen LogP contribution in [0.1, 0.15) is 16.8 Å². The van der Waals surface area contributed by atoms with Crippen LogP contribution in [0, 0.1) is 25.2 Å². The van der Waals surface area contributed by atoms with Crippen molar-refractivity contribution in [3.05, 3.63) is 46.2 Å². The standard InChI is InChI=1S/C13H12ClN3/c1-9-3-4-12(7-13(9)14)17-8-11(5-6-15)10(2)16-17/h3-4,7-8H,5H2,1-2H3. The van der Waals surface area contributed by atoms with E-state index in [0.29, 0.717) is 6.42 Å². The molecule has 17 heavy (non-hydrogen) atoms. The summed E-state index contributed by atoms with van der Waals surface area (Å²) in [6, 6.07) is 7.92. The normalized spacial score (nSPS) is 10.2. The summed E-state index contributed by atoms with van der Waals surface area (Å²) >= 11 is 6.08. The van der Waals surface area contributed by atoms with E-state index in [1.807, 2.05) is 38.2 Å². The molecule has 0 aliphatic carbocycles. The number of nitrogens with zero attached hydrogens (tertiary/aromatic N) is 3. The van der Waals surface area contributed by atoms with Gasteiger partial charge in [-0.3, -0.25) is 0 Å². The molecular formula is C13H12ClN3. The van der Waals surface area contributed by atoms with Gasteiger partial charge in [-0.05, 0) is 31.5 Å². The van der Waals surface area contributed by atoms with Crippen molar-refractivity contribution in [2.24, 2.45) is 0 Å². The van der Waals surface area contributed by atoms with Crippen molar-refractivity contribution < 1.29 is 0 Å². The molecule has 1 aromatic heterocycles. The Labute approximate surface area is 105 Å². The number of hydrogen-bond donors (Lipinski definition) is 0. The van der Waals surface area contributed by atoms with E-state index in [4.69, 9.17) is 16.9 Å². The highest BCUT2D eigenvalue weighted by molar-refractivity contribution is 6.31. The molecule has 2 rings (SSSR count). The Morgan fingerprint density at radius 2 is 2.18 bits per heavy atom. The summed E-state index contributed by atoms with van der Waals surface area (Å²) in [7, 11) is 0. The van der Waals surface area contributed by atoms with E-state index in [1.54, 1.807) is 4.68 Å². The van der Waals surface area contributed by atoms with E-state index in [0.717, 1.165) is 27.5 Å². The van der Waals surface area contributed by atoms with Crippen molar-refractivity contribution in [2.45, 2.75) is 20.3 Å². The zero-order chi connectivity index (χ0) is 12.4. The van der Waals surface area contributed by atoms with E-state index >= 15 is 0 Å². The van der Waals surface area contributed by atoms with Crippen molar-refractivity contribution in [1.29, 1.82) is 5.26 Å². The largest absolute Gasteiger partial charge is 0.240 e. The smallest absolute Gasteiger partial charge is 0.0671 e. The molecule has 0 fully saturated rings. The molecule has 0 saturated heterocycles. The maximum atomic E-state index is 8.70. The van der Waals surface area contributed by atoms with Gasteiger partial charge in [0.1, 0.15) is 0 Å². The zero-order valence-electron chi connectivity index (χ0n) is 9.74. The predicted octanol–water partition coefficient (Wildman–Crippen LogP) is 3.21. The van der Waals surface area contributed by atoms with Gasteiger partial charge in [-0.2, -0.15) is 10.4 Å². The Bertz CT molecular complexity index is 593. The van der Waals surface area contributed by atoms with Gasteiger partial charge in [0, 0.05) is 16.8 Å². The average molecular weight is 246 g/mol. The summed E-state index contributed by atoms with van der Waals surface area (Å²) in [4.78, 5) is 0. The second-order valence-electron chi connectivity index (χ2n) is 3.95. The second-order valence-corrected chi connectivity index (χ2v) is 4.36.